The zero-order valence-corrected chi connectivity index (χ0v) is 20.8. The number of benzene rings is 2. The summed E-state index contributed by atoms with van der Waals surface area (Å²) >= 11 is 3.91. The first-order valence-electron chi connectivity index (χ1n) is 9.73. The minimum absolute atomic E-state index is 0.0255. The molecule has 12 heteroatoms. The van der Waals surface area contributed by atoms with E-state index in [0.717, 1.165) is 12.0 Å². The van der Waals surface area contributed by atoms with E-state index in [-0.39, 0.29) is 11.1 Å². The molecule has 0 aliphatic rings. The van der Waals surface area contributed by atoms with E-state index in [2.05, 4.69) is 12.6 Å². The maximum absolute atomic E-state index is 13.3. The van der Waals surface area contributed by atoms with Crippen LogP contribution in [0.3, 0.4) is 0 Å². The minimum atomic E-state index is -4.30. The smallest absolute Gasteiger partial charge is 0.338 e. The SMILES string of the molecule is CS(=O)(=O)CC(OC(=O)c1ccccc1)C(=O)C(C([CH]S)OC(=O)c1ccccc1)S(C)(=O)=O. The van der Waals surface area contributed by atoms with Gasteiger partial charge in [0.05, 0.1) is 22.6 Å². The molecule has 0 bridgehead atoms. The highest BCUT2D eigenvalue weighted by Gasteiger charge is 2.44. The Balaban J connectivity index is 2.40. The second kappa shape index (κ2) is 11.6. The lowest BCUT2D eigenvalue weighted by Gasteiger charge is -2.26. The number of rotatable bonds is 11. The van der Waals surface area contributed by atoms with Gasteiger partial charge >= 0.3 is 11.9 Å². The van der Waals surface area contributed by atoms with Gasteiger partial charge in [0.15, 0.2) is 36.8 Å². The number of hydrogen-bond donors (Lipinski definition) is 1. The van der Waals surface area contributed by atoms with Crippen molar-refractivity contribution < 1.29 is 40.7 Å². The number of sulfone groups is 2. The third-order valence-electron chi connectivity index (χ3n) is 4.47. The summed E-state index contributed by atoms with van der Waals surface area (Å²) in [6.07, 6.45) is -2.16. The van der Waals surface area contributed by atoms with Crippen molar-refractivity contribution >= 4 is 50.0 Å². The molecule has 0 N–H and O–H groups in total. The second-order valence-electron chi connectivity index (χ2n) is 7.39. The Labute approximate surface area is 203 Å². The van der Waals surface area contributed by atoms with Crippen molar-refractivity contribution in [2.75, 3.05) is 18.3 Å². The lowest BCUT2D eigenvalue weighted by atomic mass is 10.1. The van der Waals surface area contributed by atoms with Crippen LogP contribution in [-0.4, -0.2) is 70.3 Å². The molecular weight excluding hydrogens is 504 g/mol. The minimum Gasteiger partial charge on any atom is -0.456 e. The summed E-state index contributed by atoms with van der Waals surface area (Å²) in [5.74, 6) is -3.31. The molecular formula is C22H23O9S3. The summed E-state index contributed by atoms with van der Waals surface area (Å²) < 4.78 is 59.3. The Hall–Kier alpha value is -2.70. The summed E-state index contributed by atoms with van der Waals surface area (Å²) in [4.78, 5) is 38.2. The van der Waals surface area contributed by atoms with E-state index in [1.165, 1.54) is 36.4 Å². The van der Waals surface area contributed by atoms with Crippen LogP contribution in [0.15, 0.2) is 60.7 Å². The van der Waals surface area contributed by atoms with Crippen LogP contribution >= 0.6 is 12.6 Å². The van der Waals surface area contributed by atoms with Gasteiger partial charge in [-0.25, -0.2) is 26.4 Å². The third kappa shape index (κ3) is 7.96. The van der Waals surface area contributed by atoms with E-state index in [1.807, 2.05) is 0 Å². The predicted molar refractivity (Wildman–Crippen MR) is 128 cm³/mol. The first-order valence-corrected chi connectivity index (χ1v) is 14.3. The average molecular weight is 528 g/mol. The highest BCUT2D eigenvalue weighted by Crippen LogP contribution is 2.21. The Kier molecular flexibility index (Phi) is 9.42. The molecule has 0 heterocycles. The number of ether oxygens (including phenoxy) is 2. The maximum Gasteiger partial charge on any atom is 0.338 e. The summed E-state index contributed by atoms with van der Waals surface area (Å²) in [5, 5.41) is -2.08. The molecule has 34 heavy (non-hydrogen) atoms. The Morgan fingerprint density at radius 3 is 1.65 bits per heavy atom. The molecule has 0 spiro atoms. The van der Waals surface area contributed by atoms with Gasteiger partial charge in [-0.15, -0.1) is 0 Å². The van der Waals surface area contributed by atoms with Crippen LogP contribution < -0.4 is 0 Å². The summed E-state index contributed by atoms with van der Waals surface area (Å²) in [5.41, 5.74) is 0.114. The number of hydrogen-bond acceptors (Lipinski definition) is 10. The van der Waals surface area contributed by atoms with E-state index in [4.69, 9.17) is 9.47 Å². The fourth-order valence-electron chi connectivity index (χ4n) is 2.96. The van der Waals surface area contributed by atoms with Gasteiger partial charge in [0.2, 0.25) is 0 Å². The summed E-state index contributed by atoms with van der Waals surface area (Å²) in [6.45, 7) is 0. The molecule has 9 nitrogen and oxygen atoms in total. The third-order valence-corrected chi connectivity index (χ3v) is 7.10. The predicted octanol–water partition coefficient (Wildman–Crippen LogP) is 1.56. The van der Waals surface area contributed by atoms with Crippen molar-refractivity contribution in [1.82, 2.24) is 0 Å². The Morgan fingerprint density at radius 2 is 1.26 bits per heavy atom. The van der Waals surface area contributed by atoms with Crippen LogP contribution in [0.1, 0.15) is 20.7 Å². The van der Waals surface area contributed by atoms with Crippen molar-refractivity contribution in [2.24, 2.45) is 0 Å². The number of carbonyl (C=O) groups is 3. The average Bonchev–Trinajstić information content (AvgIpc) is 2.77. The van der Waals surface area contributed by atoms with Crippen LogP contribution in [0, 0.1) is 5.75 Å². The second-order valence-corrected chi connectivity index (χ2v) is 12.0. The van der Waals surface area contributed by atoms with Crippen LogP contribution in [0.25, 0.3) is 0 Å². The van der Waals surface area contributed by atoms with Gasteiger partial charge in [-0.2, -0.15) is 12.6 Å². The molecule has 2 aromatic rings. The fourth-order valence-corrected chi connectivity index (χ4v) is 5.28. The van der Waals surface area contributed by atoms with Gasteiger partial charge in [-0.05, 0) is 24.3 Å². The molecule has 3 unspecified atom stereocenters. The summed E-state index contributed by atoms with van der Waals surface area (Å²) in [6, 6.07) is 15.0. The molecule has 1 radical (unpaired) electrons. The lowest BCUT2D eigenvalue weighted by Crippen LogP contribution is -2.50. The quantitative estimate of drug-likeness (QED) is 0.341. The Bertz CT molecular complexity index is 1220. The van der Waals surface area contributed by atoms with Crippen molar-refractivity contribution in [2.45, 2.75) is 17.5 Å². The molecule has 0 amide bonds. The van der Waals surface area contributed by atoms with Crippen molar-refractivity contribution in [3.63, 3.8) is 0 Å². The van der Waals surface area contributed by atoms with Crippen LogP contribution in [-0.2, 0) is 33.9 Å². The largest absolute Gasteiger partial charge is 0.456 e. The van der Waals surface area contributed by atoms with Gasteiger partial charge in [-0.3, -0.25) is 4.79 Å². The van der Waals surface area contributed by atoms with E-state index in [1.54, 1.807) is 24.3 Å². The molecule has 0 saturated heterocycles. The molecule has 183 valence electrons. The molecule has 0 aliphatic carbocycles. The topological polar surface area (TPSA) is 138 Å². The van der Waals surface area contributed by atoms with Crippen molar-refractivity contribution in [1.29, 1.82) is 0 Å². The highest BCUT2D eigenvalue weighted by atomic mass is 32.2. The van der Waals surface area contributed by atoms with Gasteiger partial charge in [-0.1, -0.05) is 36.4 Å². The van der Waals surface area contributed by atoms with Gasteiger partial charge in [0.25, 0.3) is 0 Å². The zero-order valence-electron chi connectivity index (χ0n) is 18.2. The molecule has 0 aliphatic heterocycles. The van der Waals surface area contributed by atoms with Gasteiger partial charge < -0.3 is 9.47 Å². The number of ketones is 1. The molecule has 0 saturated carbocycles. The zero-order chi connectivity index (χ0) is 25.5. The molecule has 3 atom stereocenters. The number of carbonyl (C=O) groups excluding carboxylic acids is 3. The number of esters is 2. The maximum atomic E-state index is 13.3. The first-order chi connectivity index (χ1) is 15.8. The van der Waals surface area contributed by atoms with E-state index in [9.17, 15) is 31.2 Å². The van der Waals surface area contributed by atoms with E-state index < -0.39 is 60.6 Å². The van der Waals surface area contributed by atoms with Crippen LogP contribution in [0.4, 0.5) is 0 Å². The van der Waals surface area contributed by atoms with Gasteiger partial charge in [0.1, 0.15) is 6.10 Å². The molecule has 0 fully saturated rings. The number of Topliss-reactive ketones (excluding diaryl/α,β-unsaturated/α-hetero) is 1. The van der Waals surface area contributed by atoms with E-state index >= 15 is 0 Å². The van der Waals surface area contributed by atoms with E-state index in [0.29, 0.717) is 6.26 Å². The first kappa shape index (κ1) is 27.5. The van der Waals surface area contributed by atoms with Crippen molar-refractivity contribution in [3.05, 3.63) is 77.5 Å². The van der Waals surface area contributed by atoms with Crippen LogP contribution in [0.5, 0.6) is 0 Å². The Morgan fingerprint density at radius 1 is 0.824 bits per heavy atom. The van der Waals surface area contributed by atoms with Gasteiger partial charge in [0, 0.05) is 12.5 Å². The number of thiol groups is 1. The monoisotopic (exact) mass is 527 g/mol. The molecule has 2 rings (SSSR count). The van der Waals surface area contributed by atoms with Crippen molar-refractivity contribution in [3.8, 4) is 0 Å². The fraction of sp³-hybridized carbons (Fsp3) is 0.273. The standard InChI is InChI=1S/C22H23O9S3/c1-33(26,27)14-18(31-22(25)16-11-7-4-8-12-16)19(23)20(34(2,28)29)17(13-32)30-21(24)15-9-5-3-6-10-15/h3-13,17-18,20,32H,14H2,1-2H3. The molecule has 0 aromatic heterocycles. The van der Waals surface area contributed by atoms with Crippen LogP contribution in [0.2, 0.25) is 0 Å². The highest BCUT2D eigenvalue weighted by molar-refractivity contribution is 7.92. The molecule has 2 aromatic carbocycles. The lowest BCUT2D eigenvalue weighted by molar-refractivity contribution is -0.127. The summed E-state index contributed by atoms with van der Waals surface area (Å²) in [7, 11) is -8.20. The normalized spacial score (nSPS) is 14.4.